The molecule has 134 valence electrons. The average Bonchev–Trinajstić information content (AvgIpc) is 3.09. The molecule has 0 bridgehead atoms. The van der Waals surface area contributed by atoms with Crippen LogP contribution in [0.3, 0.4) is 0 Å². The SMILES string of the molecule is CCOC(=O)CC1=C(C(=N)/C=C\NC(F)F)CN=C(c2nccs2)N1. The topological polar surface area (TPSA) is 99.5 Å². The van der Waals surface area contributed by atoms with Crippen LogP contribution in [0.4, 0.5) is 8.78 Å². The summed E-state index contributed by atoms with van der Waals surface area (Å²) < 4.78 is 29.2. The molecule has 1 aromatic rings. The highest BCUT2D eigenvalue weighted by Gasteiger charge is 2.22. The molecule has 0 aliphatic carbocycles. The summed E-state index contributed by atoms with van der Waals surface area (Å²) in [6.45, 7) is -0.639. The van der Waals surface area contributed by atoms with E-state index >= 15 is 0 Å². The normalized spacial score (nSPS) is 14.5. The second-order valence-electron chi connectivity index (χ2n) is 4.78. The first-order valence-corrected chi connectivity index (χ1v) is 8.27. The van der Waals surface area contributed by atoms with Gasteiger partial charge in [-0.1, -0.05) is 0 Å². The van der Waals surface area contributed by atoms with Gasteiger partial charge in [0, 0.05) is 29.0 Å². The number of halogens is 2. The van der Waals surface area contributed by atoms with Crippen molar-refractivity contribution in [3.63, 3.8) is 0 Å². The molecule has 3 N–H and O–H groups in total. The lowest BCUT2D eigenvalue weighted by atomic mass is 10.0. The monoisotopic (exact) mass is 369 g/mol. The van der Waals surface area contributed by atoms with Gasteiger partial charge in [-0.3, -0.25) is 9.79 Å². The number of aliphatic imine (C=N–C) groups is 1. The molecule has 2 rings (SSSR count). The molecule has 0 radical (unpaired) electrons. The molecule has 25 heavy (non-hydrogen) atoms. The third kappa shape index (κ3) is 5.45. The number of aromatic nitrogens is 1. The Kier molecular flexibility index (Phi) is 6.75. The van der Waals surface area contributed by atoms with Crippen molar-refractivity contribution in [2.75, 3.05) is 13.2 Å². The second kappa shape index (κ2) is 9.02. The zero-order valence-corrected chi connectivity index (χ0v) is 14.2. The van der Waals surface area contributed by atoms with E-state index in [1.54, 1.807) is 23.8 Å². The van der Waals surface area contributed by atoms with Crippen molar-refractivity contribution in [3.05, 3.63) is 40.1 Å². The first kappa shape index (κ1) is 18.7. The summed E-state index contributed by atoms with van der Waals surface area (Å²) in [5.74, 6) is 0.0471. The van der Waals surface area contributed by atoms with Crippen LogP contribution in [-0.2, 0) is 9.53 Å². The molecule has 0 saturated heterocycles. The Hall–Kier alpha value is -2.62. The van der Waals surface area contributed by atoms with Crippen LogP contribution >= 0.6 is 11.3 Å². The molecule has 2 heterocycles. The molecular formula is C15H17F2N5O2S. The number of thiazole rings is 1. The fraction of sp³-hybridized carbons (Fsp3) is 0.333. The Labute approximate surface area is 147 Å². The van der Waals surface area contributed by atoms with Crippen LogP contribution in [-0.4, -0.2) is 42.2 Å². The summed E-state index contributed by atoms with van der Waals surface area (Å²) in [6.07, 6.45) is 3.74. The van der Waals surface area contributed by atoms with Crippen molar-refractivity contribution < 1.29 is 18.3 Å². The van der Waals surface area contributed by atoms with Crippen molar-refractivity contribution in [2.24, 2.45) is 4.99 Å². The number of esters is 1. The molecule has 0 aromatic carbocycles. The van der Waals surface area contributed by atoms with Crippen LogP contribution < -0.4 is 10.6 Å². The van der Waals surface area contributed by atoms with E-state index in [1.807, 2.05) is 0 Å². The largest absolute Gasteiger partial charge is 0.466 e. The number of carbonyl (C=O) groups is 1. The van der Waals surface area contributed by atoms with Gasteiger partial charge in [0.15, 0.2) is 10.8 Å². The Morgan fingerprint density at radius 1 is 1.60 bits per heavy atom. The van der Waals surface area contributed by atoms with E-state index in [0.717, 1.165) is 6.20 Å². The molecule has 10 heteroatoms. The van der Waals surface area contributed by atoms with Gasteiger partial charge in [0.05, 0.1) is 25.3 Å². The van der Waals surface area contributed by atoms with Gasteiger partial charge in [0.1, 0.15) is 0 Å². The zero-order valence-electron chi connectivity index (χ0n) is 13.4. The Bertz CT molecular complexity index is 714. The van der Waals surface area contributed by atoms with Gasteiger partial charge in [-0.05, 0) is 13.0 Å². The molecule has 1 aliphatic heterocycles. The fourth-order valence-electron chi connectivity index (χ4n) is 2.03. The van der Waals surface area contributed by atoms with E-state index in [-0.39, 0.29) is 25.3 Å². The summed E-state index contributed by atoms with van der Waals surface area (Å²) in [6, 6.07) is 0. The van der Waals surface area contributed by atoms with Gasteiger partial charge in [-0.15, -0.1) is 11.3 Å². The molecule has 7 nitrogen and oxygen atoms in total. The van der Waals surface area contributed by atoms with E-state index in [9.17, 15) is 13.6 Å². The standard InChI is InChI=1S/C15H17F2N5O2S/c1-2-24-12(23)7-11-9(10(18)3-4-20-15(16)17)8-21-13(22-11)14-19-5-6-25-14/h3-6,15,18,20H,2,7-8H2,1H3,(H,21,22)/b4-3-,18-10?. The van der Waals surface area contributed by atoms with Crippen LogP contribution in [0.5, 0.6) is 0 Å². The van der Waals surface area contributed by atoms with E-state index in [0.29, 0.717) is 22.1 Å². The number of ether oxygens (including phenoxy) is 1. The average molecular weight is 369 g/mol. The first-order chi connectivity index (χ1) is 12.0. The van der Waals surface area contributed by atoms with Gasteiger partial charge >= 0.3 is 12.5 Å². The number of amidine groups is 1. The third-order valence-electron chi connectivity index (χ3n) is 3.09. The minimum absolute atomic E-state index is 0.0260. The van der Waals surface area contributed by atoms with Crippen LogP contribution in [0.2, 0.25) is 0 Å². The molecule has 0 saturated carbocycles. The van der Waals surface area contributed by atoms with E-state index in [1.165, 1.54) is 17.4 Å². The summed E-state index contributed by atoms with van der Waals surface area (Å²) in [4.78, 5) is 20.3. The van der Waals surface area contributed by atoms with E-state index in [4.69, 9.17) is 10.1 Å². The smallest absolute Gasteiger partial charge is 0.312 e. The number of nitrogens with one attached hydrogen (secondary N) is 3. The fourth-order valence-corrected chi connectivity index (χ4v) is 2.63. The van der Waals surface area contributed by atoms with Crippen molar-refractivity contribution in [1.82, 2.24) is 15.6 Å². The van der Waals surface area contributed by atoms with Crippen molar-refractivity contribution in [2.45, 2.75) is 19.9 Å². The van der Waals surface area contributed by atoms with Crippen LogP contribution in [0.1, 0.15) is 18.4 Å². The quantitative estimate of drug-likeness (QED) is 0.370. The van der Waals surface area contributed by atoms with Gasteiger partial charge in [-0.25, -0.2) is 4.98 Å². The van der Waals surface area contributed by atoms with Crippen LogP contribution in [0.25, 0.3) is 0 Å². The van der Waals surface area contributed by atoms with Crippen LogP contribution in [0.15, 0.2) is 40.1 Å². The van der Waals surface area contributed by atoms with Crippen molar-refractivity contribution in [1.29, 1.82) is 5.41 Å². The number of carbonyl (C=O) groups excluding carboxylic acids is 1. The molecule has 0 unspecified atom stereocenters. The number of nitrogens with zero attached hydrogens (tertiary/aromatic N) is 2. The maximum absolute atomic E-state index is 12.1. The molecular weight excluding hydrogens is 352 g/mol. The number of allylic oxidation sites excluding steroid dienone is 1. The van der Waals surface area contributed by atoms with Gasteiger partial charge in [0.2, 0.25) is 0 Å². The minimum Gasteiger partial charge on any atom is -0.466 e. The predicted octanol–water partition coefficient (Wildman–Crippen LogP) is 2.05. The Morgan fingerprint density at radius 3 is 3.04 bits per heavy atom. The maximum Gasteiger partial charge on any atom is 0.312 e. The zero-order chi connectivity index (χ0) is 18.2. The van der Waals surface area contributed by atoms with Crippen molar-refractivity contribution >= 4 is 28.9 Å². The Balaban J connectivity index is 2.19. The molecule has 0 spiro atoms. The third-order valence-corrected chi connectivity index (χ3v) is 3.87. The lowest BCUT2D eigenvalue weighted by Gasteiger charge is -2.20. The molecule has 0 atom stereocenters. The van der Waals surface area contributed by atoms with E-state index in [2.05, 4.69) is 15.3 Å². The number of alkyl halides is 2. The predicted molar refractivity (Wildman–Crippen MR) is 90.9 cm³/mol. The van der Waals surface area contributed by atoms with Gasteiger partial charge in [0.25, 0.3) is 0 Å². The molecule has 1 aliphatic rings. The van der Waals surface area contributed by atoms with E-state index < -0.39 is 12.5 Å². The van der Waals surface area contributed by atoms with Gasteiger partial charge in [-0.2, -0.15) is 8.78 Å². The molecule has 0 fully saturated rings. The molecule has 1 aromatic heterocycles. The maximum atomic E-state index is 12.1. The Morgan fingerprint density at radius 2 is 2.40 bits per heavy atom. The summed E-state index contributed by atoms with van der Waals surface area (Å²) in [5.41, 5.74) is 0.855. The van der Waals surface area contributed by atoms with Crippen molar-refractivity contribution in [3.8, 4) is 0 Å². The number of hydrogen-bond acceptors (Lipinski definition) is 8. The van der Waals surface area contributed by atoms with Crippen LogP contribution in [0, 0.1) is 5.41 Å². The highest BCUT2D eigenvalue weighted by Crippen LogP contribution is 2.17. The second-order valence-corrected chi connectivity index (χ2v) is 5.67. The summed E-state index contributed by atoms with van der Waals surface area (Å²) >= 11 is 1.38. The summed E-state index contributed by atoms with van der Waals surface area (Å²) in [7, 11) is 0. The first-order valence-electron chi connectivity index (χ1n) is 7.40. The minimum atomic E-state index is -2.71. The molecule has 0 amide bonds. The number of hydrogen-bond donors (Lipinski definition) is 3. The van der Waals surface area contributed by atoms with Gasteiger partial charge < -0.3 is 20.8 Å². The highest BCUT2D eigenvalue weighted by molar-refractivity contribution is 7.11. The highest BCUT2D eigenvalue weighted by atomic mass is 32.1. The summed E-state index contributed by atoms with van der Waals surface area (Å²) in [5, 5.41) is 15.3. The lowest BCUT2D eigenvalue weighted by Crippen LogP contribution is -2.32. The number of rotatable bonds is 8. The lowest BCUT2D eigenvalue weighted by molar-refractivity contribution is -0.142.